The molecule has 1 atom stereocenters. The Hall–Kier alpha value is -1.81. The van der Waals surface area contributed by atoms with Crippen LogP contribution in [-0.4, -0.2) is 28.6 Å². The molecule has 1 saturated heterocycles. The van der Waals surface area contributed by atoms with Gasteiger partial charge in [0.2, 0.25) is 5.76 Å². The molecule has 0 spiro atoms. The molecule has 4 nitrogen and oxygen atoms in total. The Morgan fingerprint density at radius 3 is 3.00 bits per heavy atom. The van der Waals surface area contributed by atoms with Crippen LogP contribution >= 0.6 is 0 Å². The van der Waals surface area contributed by atoms with Crippen molar-refractivity contribution < 1.29 is 14.3 Å². The molecular formula is C15H17NO3. The van der Waals surface area contributed by atoms with Crippen molar-refractivity contribution in [1.29, 1.82) is 0 Å². The second-order valence-electron chi connectivity index (χ2n) is 5.25. The van der Waals surface area contributed by atoms with E-state index in [2.05, 4.69) is 11.8 Å². The topological polar surface area (TPSA) is 53.7 Å². The molecule has 1 fully saturated rings. The Bertz CT molecular complexity index is 617. The van der Waals surface area contributed by atoms with Crippen molar-refractivity contribution in [3.05, 3.63) is 35.6 Å². The van der Waals surface area contributed by atoms with Gasteiger partial charge in [-0.25, -0.2) is 4.79 Å². The number of nitrogens with zero attached hydrogens (tertiary/aromatic N) is 1. The normalized spacial score (nSPS) is 20.2. The van der Waals surface area contributed by atoms with Crippen LogP contribution < -0.4 is 0 Å². The lowest BCUT2D eigenvalue weighted by atomic mass is 10.1. The quantitative estimate of drug-likeness (QED) is 0.920. The molecule has 1 aromatic carbocycles. The van der Waals surface area contributed by atoms with Crippen LogP contribution in [0.3, 0.4) is 0 Å². The van der Waals surface area contributed by atoms with Crippen LogP contribution in [0.15, 0.2) is 28.7 Å². The molecule has 19 heavy (non-hydrogen) atoms. The third-order valence-electron chi connectivity index (χ3n) is 3.87. The number of hydrogen-bond acceptors (Lipinski definition) is 3. The predicted octanol–water partition coefficient (Wildman–Crippen LogP) is 3.12. The maximum atomic E-state index is 10.9. The standard InChI is InChI=1S/C15H17NO3/c1-10-3-2-6-16(10)9-11-4-5-13-12(7-11)8-14(19-13)15(17)18/h4-5,7-8,10H,2-3,6,9H2,1H3,(H,17,18). The maximum Gasteiger partial charge on any atom is 0.371 e. The van der Waals surface area contributed by atoms with Crippen LogP contribution in [0.4, 0.5) is 0 Å². The minimum Gasteiger partial charge on any atom is -0.475 e. The third kappa shape index (κ3) is 2.36. The van der Waals surface area contributed by atoms with E-state index in [1.165, 1.54) is 18.4 Å². The molecule has 2 heterocycles. The van der Waals surface area contributed by atoms with Gasteiger partial charge in [-0.15, -0.1) is 0 Å². The molecule has 1 N–H and O–H groups in total. The first kappa shape index (κ1) is 12.2. The number of rotatable bonds is 3. The summed E-state index contributed by atoms with van der Waals surface area (Å²) in [5.74, 6) is -1.02. The zero-order chi connectivity index (χ0) is 13.4. The van der Waals surface area contributed by atoms with Gasteiger partial charge in [0.25, 0.3) is 0 Å². The third-order valence-corrected chi connectivity index (χ3v) is 3.87. The molecule has 3 rings (SSSR count). The highest BCUT2D eigenvalue weighted by Gasteiger charge is 2.20. The summed E-state index contributed by atoms with van der Waals surface area (Å²) in [6.07, 6.45) is 2.52. The number of carboxylic acids is 1. The summed E-state index contributed by atoms with van der Waals surface area (Å²) in [5.41, 5.74) is 1.84. The fourth-order valence-corrected chi connectivity index (χ4v) is 2.76. The number of furan rings is 1. The summed E-state index contributed by atoms with van der Waals surface area (Å²) in [7, 11) is 0. The monoisotopic (exact) mass is 259 g/mol. The number of hydrogen-bond donors (Lipinski definition) is 1. The molecule has 0 amide bonds. The number of fused-ring (bicyclic) bond motifs is 1. The van der Waals surface area contributed by atoms with Gasteiger partial charge in [-0.05, 0) is 50.1 Å². The molecule has 1 aromatic heterocycles. The van der Waals surface area contributed by atoms with Gasteiger partial charge in [0, 0.05) is 18.0 Å². The van der Waals surface area contributed by atoms with E-state index < -0.39 is 5.97 Å². The molecule has 0 bridgehead atoms. The van der Waals surface area contributed by atoms with Crippen LogP contribution in [0.2, 0.25) is 0 Å². The van der Waals surface area contributed by atoms with E-state index in [0.717, 1.165) is 18.5 Å². The smallest absolute Gasteiger partial charge is 0.371 e. The highest BCUT2D eigenvalue weighted by Crippen LogP contribution is 2.24. The van der Waals surface area contributed by atoms with Crippen LogP contribution in [-0.2, 0) is 6.54 Å². The van der Waals surface area contributed by atoms with Gasteiger partial charge < -0.3 is 9.52 Å². The van der Waals surface area contributed by atoms with Crippen LogP contribution in [0, 0.1) is 0 Å². The first-order valence-corrected chi connectivity index (χ1v) is 6.63. The molecule has 100 valence electrons. The maximum absolute atomic E-state index is 10.9. The van der Waals surface area contributed by atoms with Crippen molar-refractivity contribution in [2.45, 2.75) is 32.4 Å². The summed E-state index contributed by atoms with van der Waals surface area (Å²) in [6.45, 7) is 4.32. The van der Waals surface area contributed by atoms with Gasteiger partial charge in [0.1, 0.15) is 5.58 Å². The summed E-state index contributed by atoms with van der Waals surface area (Å²) in [4.78, 5) is 13.3. The zero-order valence-corrected chi connectivity index (χ0v) is 10.9. The molecule has 0 radical (unpaired) electrons. The largest absolute Gasteiger partial charge is 0.475 e. The van der Waals surface area contributed by atoms with E-state index in [1.807, 2.05) is 18.2 Å². The first-order valence-electron chi connectivity index (χ1n) is 6.63. The second-order valence-corrected chi connectivity index (χ2v) is 5.25. The van der Waals surface area contributed by atoms with Gasteiger partial charge in [-0.1, -0.05) is 6.07 Å². The van der Waals surface area contributed by atoms with Crippen molar-refractivity contribution in [3.8, 4) is 0 Å². The minimum absolute atomic E-state index is 0.00157. The predicted molar refractivity (Wildman–Crippen MR) is 72.3 cm³/mol. The fraction of sp³-hybridized carbons (Fsp3) is 0.400. The molecule has 4 heteroatoms. The van der Waals surface area contributed by atoms with Crippen molar-refractivity contribution in [1.82, 2.24) is 4.90 Å². The molecule has 1 unspecified atom stereocenters. The van der Waals surface area contributed by atoms with Crippen molar-refractivity contribution in [2.75, 3.05) is 6.54 Å². The molecule has 0 aliphatic carbocycles. The highest BCUT2D eigenvalue weighted by molar-refractivity contribution is 5.91. The fourth-order valence-electron chi connectivity index (χ4n) is 2.76. The van der Waals surface area contributed by atoms with E-state index in [9.17, 15) is 4.79 Å². The number of carboxylic acid groups (broad SMARTS) is 1. The Kier molecular flexibility index (Phi) is 3.03. The summed E-state index contributed by atoms with van der Waals surface area (Å²) < 4.78 is 5.26. The average molecular weight is 259 g/mol. The Balaban J connectivity index is 1.86. The highest BCUT2D eigenvalue weighted by atomic mass is 16.4. The van der Waals surface area contributed by atoms with Crippen LogP contribution in [0.25, 0.3) is 11.0 Å². The number of carbonyl (C=O) groups is 1. The zero-order valence-electron chi connectivity index (χ0n) is 10.9. The number of likely N-dealkylation sites (tertiary alicyclic amines) is 1. The molecule has 0 saturated carbocycles. The van der Waals surface area contributed by atoms with Crippen LogP contribution in [0.1, 0.15) is 35.9 Å². The second kappa shape index (κ2) is 4.70. The lowest BCUT2D eigenvalue weighted by molar-refractivity contribution is 0.0665. The minimum atomic E-state index is -1.02. The van der Waals surface area contributed by atoms with E-state index in [0.29, 0.717) is 11.6 Å². The average Bonchev–Trinajstić information content (AvgIpc) is 2.96. The Morgan fingerprint density at radius 2 is 2.32 bits per heavy atom. The molecular weight excluding hydrogens is 242 g/mol. The van der Waals surface area contributed by atoms with Gasteiger partial charge in [-0.2, -0.15) is 0 Å². The first-order chi connectivity index (χ1) is 9.13. The van der Waals surface area contributed by atoms with Gasteiger partial charge >= 0.3 is 5.97 Å². The molecule has 1 aliphatic rings. The van der Waals surface area contributed by atoms with Gasteiger partial charge in [0.15, 0.2) is 0 Å². The van der Waals surface area contributed by atoms with Gasteiger partial charge in [-0.3, -0.25) is 4.90 Å². The molecule has 1 aliphatic heterocycles. The Labute approximate surface area is 111 Å². The lowest BCUT2D eigenvalue weighted by Gasteiger charge is -2.20. The Morgan fingerprint density at radius 1 is 1.47 bits per heavy atom. The van der Waals surface area contributed by atoms with Gasteiger partial charge in [0.05, 0.1) is 0 Å². The van der Waals surface area contributed by atoms with E-state index in [-0.39, 0.29) is 5.76 Å². The van der Waals surface area contributed by atoms with E-state index in [1.54, 1.807) is 6.07 Å². The summed E-state index contributed by atoms with van der Waals surface area (Å²) >= 11 is 0. The molecule has 2 aromatic rings. The van der Waals surface area contributed by atoms with E-state index >= 15 is 0 Å². The van der Waals surface area contributed by atoms with E-state index in [4.69, 9.17) is 9.52 Å². The summed E-state index contributed by atoms with van der Waals surface area (Å²) in [5, 5.41) is 9.78. The van der Waals surface area contributed by atoms with Crippen LogP contribution in [0.5, 0.6) is 0 Å². The van der Waals surface area contributed by atoms with Crippen molar-refractivity contribution in [2.24, 2.45) is 0 Å². The summed E-state index contributed by atoms with van der Waals surface area (Å²) in [6, 6.07) is 8.13. The number of aromatic carboxylic acids is 1. The lowest BCUT2D eigenvalue weighted by Crippen LogP contribution is -2.26. The van der Waals surface area contributed by atoms with Crippen molar-refractivity contribution in [3.63, 3.8) is 0 Å². The SMILES string of the molecule is CC1CCCN1Cc1ccc2oc(C(=O)O)cc2c1. The van der Waals surface area contributed by atoms with Crippen molar-refractivity contribution >= 4 is 16.9 Å². The number of benzene rings is 1.